The lowest BCUT2D eigenvalue weighted by Crippen LogP contribution is -1.72. The zero-order valence-corrected chi connectivity index (χ0v) is 7.76. The molecule has 0 aliphatic rings. The van der Waals surface area contributed by atoms with Crippen LogP contribution in [0.3, 0.4) is 0 Å². The highest BCUT2D eigenvalue weighted by Crippen LogP contribution is 2.05. The first kappa shape index (κ1) is 13.2. The van der Waals surface area contributed by atoms with Gasteiger partial charge in [-0.15, -0.1) is 0 Å². The van der Waals surface area contributed by atoms with Crippen molar-refractivity contribution in [2.75, 3.05) is 0 Å². The third kappa shape index (κ3) is 6.76. The summed E-state index contributed by atoms with van der Waals surface area (Å²) >= 11 is 0. The third-order valence-corrected chi connectivity index (χ3v) is 0.905. The Hall–Kier alpha value is -1.36. The van der Waals surface area contributed by atoms with Gasteiger partial charge in [-0.1, -0.05) is 32.6 Å². The van der Waals surface area contributed by atoms with Gasteiger partial charge in [-0.25, -0.2) is 4.39 Å². The van der Waals surface area contributed by atoms with Gasteiger partial charge >= 0.3 is 0 Å². The summed E-state index contributed by atoms with van der Waals surface area (Å²) in [5.41, 5.74) is 0.0816. The van der Waals surface area contributed by atoms with Gasteiger partial charge in [-0.05, 0) is 13.0 Å². The summed E-state index contributed by atoms with van der Waals surface area (Å²) in [5.74, 6) is -0.512. The van der Waals surface area contributed by atoms with Crippen molar-refractivity contribution in [3.63, 3.8) is 0 Å². The lowest BCUT2D eigenvalue weighted by Gasteiger charge is -1.84. The molecular weight excluding hydrogens is 153 g/mol. The average Bonchev–Trinajstić information content (AvgIpc) is 2.16. The van der Waals surface area contributed by atoms with Gasteiger partial charge in [0.1, 0.15) is 5.83 Å². The van der Waals surface area contributed by atoms with Gasteiger partial charge in [0.05, 0.1) is 11.6 Å². The van der Waals surface area contributed by atoms with E-state index in [2.05, 4.69) is 6.58 Å². The fourth-order valence-corrected chi connectivity index (χ4v) is 0.331. The number of nitrogens with zero attached hydrogens (tertiary/aromatic N) is 1. The molecular formula is C10H14FN. The molecule has 0 aliphatic heterocycles. The van der Waals surface area contributed by atoms with Crippen LogP contribution >= 0.6 is 0 Å². The van der Waals surface area contributed by atoms with E-state index in [4.69, 9.17) is 5.26 Å². The lowest BCUT2D eigenvalue weighted by atomic mass is 10.3. The van der Waals surface area contributed by atoms with Gasteiger partial charge in [-0.2, -0.15) is 5.26 Å². The fourth-order valence-electron chi connectivity index (χ4n) is 0.331. The summed E-state index contributed by atoms with van der Waals surface area (Å²) in [6, 6.07) is 1.69. The van der Waals surface area contributed by atoms with Crippen LogP contribution in [-0.2, 0) is 0 Å². The summed E-state index contributed by atoms with van der Waals surface area (Å²) in [6.07, 6.45) is 4.09. The molecule has 0 aromatic rings. The first-order valence-corrected chi connectivity index (χ1v) is 3.78. The molecule has 0 spiro atoms. The van der Waals surface area contributed by atoms with Crippen LogP contribution < -0.4 is 0 Å². The van der Waals surface area contributed by atoms with Gasteiger partial charge in [0.25, 0.3) is 0 Å². The minimum atomic E-state index is -0.512. The van der Waals surface area contributed by atoms with Crippen molar-refractivity contribution < 1.29 is 4.39 Å². The number of nitriles is 1. The summed E-state index contributed by atoms with van der Waals surface area (Å²) in [6.45, 7) is 8.78. The Morgan fingerprint density at radius 1 is 1.50 bits per heavy atom. The molecule has 0 rings (SSSR count). The van der Waals surface area contributed by atoms with E-state index >= 15 is 0 Å². The molecule has 0 radical (unpaired) electrons. The molecule has 0 saturated heterocycles. The highest BCUT2D eigenvalue weighted by Gasteiger charge is 1.92. The van der Waals surface area contributed by atoms with Crippen LogP contribution in [0, 0.1) is 11.3 Å². The molecule has 0 N–H and O–H groups in total. The molecule has 0 amide bonds. The quantitative estimate of drug-likeness (QED) is 0.456. The maximum absolute atomic E-state index is 12.5. The second-order valence-corrected chi connectivity index (χ2v) is 1.68. The van der Waals surface area contributed by atoms with E-state index in [1.807, 2.05) is 13.8 Å². The topological polar surface area (TPSA) is 23.8 Å². The van der Waals surface area contributed by atoms with E-state index in [9.17, 15) is 4.39 Å². The first-order valence-electron chi connectivity index (χ1n) is 3.78. The van der Waals surface area contributed by atoms with Crippen LogP contribution in [-0.4, -0.2) is 0 Å². The Balaban J connectivity index is 0. The van der Waals surface area contributed by atoms with Crippen molar-refractivity contribution in [2.45, 2.75) is 20.8 Å². The van der Waals surface area contributed by atoms with Crippen LogP contribution in [0.5, 0.6) is 0 Å². The zero-order valence-electron chi connectivity index (χ0n) is 7.76. The van der Waals surface area contributed by atoms with E-state index < -0.39 is 5.83 Å². The summed E-state index contributed by atoms with van der Waals surface area (Å²) in [5, 5.41) is 8.20. The van der Waals surface area contributed by atoms with Crippen LogP contribution in [0.4, 0.5) is 4.39 Å². The second-order valence-electron chi connectivity index (χ2n) is 1.68. The normalized spacial score (nSPS) is 10.9. The highest BCUT2D eigenvalue weighted by molar-refractivity contribution is 5.29. The third-order valence-electron chi connectivity index (χ3n) is 0.905. The molecule has 66 valence electrons. The van der Waals surface area contributed by atoms with E-state index in [1.54, 1.807) is 6.07 Å². The maximum atomic E-state index is 12.5. The molecule has 12 heavy (non-hydrogen) atoms. The standard InChI is InChI=1S/C8H8FN.C2H6/c1-3-4-5-8(9)7(2)6-10;1-2/h3-5H,1H2,2H3;1-2H3/b5-4-,8-7-;. The van der Waals surface area contributed by atoms with E-state index in [0.29, 0.717) is 0 Å². The van der Waals surface area contributed by atoms with Crippen LogP contribution in [0.2, 0.25) is 0 Å². The van der Waals surface area contributed by atoms with Crippen molar-refractivity contribution in [3.8, 4) is 6.07 Å². The molecule has 0 heterocycles. The lowest BCUT2D eigenvalue weighted by molar-refractivity contribution is 0.659. The average molecular weight is 167 g/mol. The molecule has 0 fully saturated rings. The molecule has 0 aromatic carbocycles. The Bertz CT molecular complexity index is 218. The van der Waals surface area contributed by atoms with Crippen molar-refractivity contribution in [3.05, 3.63) is 36.2 Å². The SMILES string of the molecule is C=C/C=C\C(F)=C(/C)C#N.CC. The van der Waals surface area contributed by atoms with Crippen LogP contribution in [0.25, 0.3) is 0 Å². The predicted molar refractivity (Wildman–Crippen MR) is 50.1 cm³/mol. The van der Waals surface area contributed by atoms with Gasteiger partial charge in [0, 0.05) is 0 Å². The Morgan fingerprint density at radius 3 is 2.33 bits per heavy atom. The molecule has 1 nitrogen and oxygen atoms in total. The van der Waals surface area contributed by atoms with Crippen molar-refractivity contribution in [1.82, 2.24) is 0 Å². The highest BCUT2D eigenvalue weighted by atomic mass is 19.1. The second kappa shape index (κ2) is 9.64. The largest absolute Gasteiger partial charge is 0.206 e. The number of hydrogen-bond donors (Lipinski definition) is 0. The Kier molecular flexibility index (Phi) is 10.6. The Morgan fingerprint density at radius 2 is 2.00 bits per heavy atom. The van der Waals surface area contributed by atoms with E-state index in [-0.39, 0.29) is 5.57 Å². The van der Waals surface area contributed by atoms with Gasteiger partial charge in [-0.3, -0.25) is 0 Å². The zero-order chi connectivity index (χ0) is 9.98. The minimum absolute atomic E-state index is 0.0816. The molecule has 0 saturated carbocycles. The number of hydrogen-bond acceptors (Lipinski definition) is 1. The molecule has 0 aromatic heterocycles. The molecule has 0 unspecified atom stereocenters. The van der Waals surface area contributed by atoms with Crippen molar-refractivity contribution >= 4 is 0 Å². The first-order chi connectivity index (χ1) is 5.72. The van der Waals surface area contributed by atoms with Gasteiger partial charge in [0.15, 0.2) is 0 Å². The van der Waals surface area contributed by atoms with E-state index in [1.165, 1.54) is 25.2 Å². The number of halogens is 1. The maximum Gasteiger partial charge on any atom is 0.136 e. The monoisotopic (exact) mass is 167 g/mol. The smallest absolute Gasteiger partial charge is 0.136 e. The molecule has 0 aliphatic carbocycles. The minimum Gasteiger partial charge on any atom is -0.206 e. The molecule has 0 atom stereocenters. The van der Waals surface area contributed by atoms with Crippen LogP contribution in [0.15, 0.2) is 36.2 Å². The summed E-state index contributed by atoms with van der Waals surface area (Å²) < 4.78 is 12.5. The van der Waals surface area contributed by atoms with Crippen LogP contribution in [0.1, 0.15) is 20.8 Å². The summed E-state index contributed by atoms with van der Waals surface area (Å²) in [7, 11) is 0. The van der Waals surface area contributed by atoms with Crippen molar-refractivity contribution in [1.29, 1.82) is 5.26 Å². The Labute approximate surface area is 73.5 Å². The number of allylic oxidation sites excluding steroid dienone is 5. The summed E-state index contributed by atoms with van der Waals surface area (Å²) in [4.78, 5) is 0. The van der Waals surface area contributed by atoms with Gasteiger partial charge < -0.3 is 0 Å². The fraction of sp³-hybridized carbons (Fsp3) is 0.300. The molecule has 0 bridgehead atoms. The number of rotatable bonds is 2. The molecule has 2 heteroatoms. The van der Waals surface area contributed by atoms with Gasteiger partial charge in [0.2, 0.25) is 0 Å². The van der Waals surface area contributed by atoms with Crippen molar-refractivity contribution in [2.24, 2.45) is 0 Å². The van der Waals surface area contributed by atoms with E-state index in [0.717, 1.165) is 0 Å². The predicted octanol–water partition coefficient (Wildman–Crippen LogP) is 3.52.